The number of rotatable bonds is 8. The van der Waals surface area contributed by atoms with Gasteiger partial charge in [-0.25, -0.2) is 8.42 Å². The summed E-state index contributed by atoms with van der Waals surface area (Å²) >= 11 is 6.00. The SMILES string of the molecule is CCC(=O)OCC(=O)Nc1cc(S(=O)(=O)N(CC)CC)ccc1Cl. The second-order valence-electron chi connectivity index (χ2n) is 4.79. The van der Waals surface area contributed by atoms with Crippen LogP contribution in [0.25, 0.3) is 0 Å². The topological polar surface area (TPSA) is 92.8 Å². The van der Waals surface area contributed by atoms with Crippen LogP contribution in [0.4, 0.5) is 5.69 Å². The summed E-state index contributed by atoms with van der Waals surface area (Å²) < 4.78 is 31.0. The predicted octanol–water partition coefficient (Wildman–Crippen LogP) is 2.26. The van der Waals surface area contributed by atoms with E-state index in [0.717, 1.165) is 0 Å². The summed E-state index contributed by atoms with van der Waals surface area (Å²) in [5.74, 6) is -1.11. The van der Waals surface area contributed by atoms with Crippen molar-refractivity contribution in [1.82, 2.24) is 4.31 Å². The molecule has 0 radical (unpaired) electrons. The van der Waals surface area contributed by atoms with Gasteiger partial charge in [0.15, 0.2) is 6.61 Å². The molecule has 1 rings (SSSR count). The van der Waals surface area contributed by atoms with Crippen LogP contribution in [0, 0.1) is 0 Å². The maximum atomic E-state index is 12.5. The predicted molar refractivity (Wildman–Crippen MR) is 91.4 cm³/mol. The van der Waals surface area contributed by atoms with Crippen LogP contribution in [0.5, 0.6) is 0 Å². The number of carbonyl (C=O) groups excluding carboxylic acids is 2. The Labute approximate surface area is 147 Å². The quantitative estimate of drug-likeness (QED) is 0.702. The van der Waals surface area contributed by atoms with Crippen molar-refractivity contribution < 1.29 is 22.7 Å². The van der Waals surface area contributed by atoms with E-state index in [4.69, 9.17) is 16.3 Å². The number of amides is 1. The van der Waals surface area contributed by atoms with Gasteiger partial charge in [0.2, 0.25) is 10.0 Å². The molecule has 0 aromatic heterocycles. The molecule has 0 fully saturated rings. The zero-order valence-electron chi connectivity index (χ0n) is 13.8. The van der Waals surface area contributed by atoms with E-state index in [-0.39, 0.29) is 22.0 Å². The first kappa shape index (κ1) is 20.4. The number of nitrogens with zero attached hydrogens (tertiary/aromatic N) is 1. The largest absolute Gasteiger partial charge is 0.456 e. The van der Waals surface area contributed by atoms with E-state index in [1.54, 1.807) is 20.8 Å². The standard InChI is InChI=1S/C15H21ClN2O5S/c1-4-15(20)23-10-14(19)17-13-9-11(7-8-12(13)16)24(21,22)18(5-2)6-3/h7-9H,4-6,10H2,1-3H3,(H,17,19). The number of benzene rings is 1. The van der Waals surface area contributed by atoms with Crippen LogP contribution in [-0.2, 0) is 24.3 Å². The lowest BCUT2D eigenvalue weighted by molar-refractivity contribution is -0.146. The van der Waals surface area contributed by atoms with Gasteiger partial charge in [-0.2, -0.15) is 4.31 Å². The Bertz CT molecular complexity index is 702. The van der Waals surface area contributed by atoms with E-state index in [2.05, 4.69) is 5.32 Å². The highest BCUT2D eigenvalue weighted by Gasteiger charge is 2.22. The monoisotopic (exact) mass is 376 g/mol. The summed E-state index contributed by atoms with van der Waals surface area (Å²) in [6.07, 6.45) is 0.158. The lowest BCUT2D eigenvalue weighted by atomic mass is 10.3. The minimum Gasteiger partial charge on any atom is -0.456 e. The molecule has 134 valence electrons. The van der Waals surface area contributed by atoms with Gasteiger partial charge in [0.05, 0.1) is 15.6 Å². The van der Waals surface area contributed by atoms with Crippen molar-refractivity contribution in [2.45, 2.75) is 32.1 Å². The molecule has 1 amide bonds. The lowest BCUT2D eigenvalue weighted by Gasteiger charge is -2.19. The molecule has 0 heterocycles. The van der Waals surface area contributed by atoms with Crippen LogP contribution in [0.1, 0.15) is 27.2 Å². The summed E-state index contributed by atoms with van der Waals surface area (Å²) in [7, 11) is -3.67. The Morgan fingerprint density at radius 2 is 1.83 bits per heavy atom. The second-order valence-corrected chi connectivity index (χ2v) is 7.14. The van der Waals surface area contributed by atoms with E-state index in [0.29, 0.717) is 13.1 Å². The fourth-order valence-corrected chi connectivity index (χ4v) is 3.56. The maximum Gasteiger partial charge on any atom is 0.306 e. The zero-order valence-corrected chi connectivity index (χ0v) is 15.4. The first-order valence-corrected chi connectivity index (χ1v) is 9.33. The highest BCUT2D eigenvalue weighted by molar-refractivity contribution is 7.89. The van der Waals surface area contributed by atoms with Crippen molar-refractivity contribution in [2.24, 2.45) is 0 Å². The number of hydrogen-bond donors (Lipinski definition) is 1. The molecule has 0 saturated heterocycles. The summed E-state index contributed by atoms with van der Waals surface area (Å²) in [6, 6.07) is 4.06. The average Bonchev–Trinajstić information content (AvgIpc) is 2.55. The smallest absolute Gasteiger partial charge is 0.306 e. The van der Waals surface area contributed by atoms with Gasteiger partial charge in [-0.1, -0.05) is 32.4 Å². The normalized spacial score (nSPS) is 11.4. The van der Waals surface area contributed by atoms with Gasteiger partial charge in [0, 0.05) is 19.5 Å². The molecule has 1 aromatic carbocycles. The molecule has 1 aromatic rings. The molecule has 9 heteroatoms. The van der Waals surface area contributed by atoms with Gasteiger partial charge in [-0.15, -0.1) is 0 Å². The highest BCUT2D eigenvalue weighted by Crippen LogP contribution is 2.27. The van der Waals surface area contributed by atoms with Crippen molar-refractivity contribution in [3.63, 3.8) is 0 Å². The van der Waals surface area contributed by atoms with Crippen LogP contribution in [0.3, 0.4) is 0 Å². The Kier molecular flexibility index (Phi) is 7.65. The molecular formula is C15H21ClN2O5S. The van der Waals surface area contributed by atoms with Gasteiger partial charge in [0.1, 0.15) is 0 Å². The van der Waals surface area contributed by atoms with Crippen LogP contribution >= 0.6 is 11.6 Å². The second kappa shape index (κ2) is 9.00. The number of nitrogens with one attached hydrogen (secondary N) is 1. The third-order valence-corrected chi connectivity index (χ3v) is 5.58. The first-order chi connectivity index (χ1) is 11.3. The molecule has 0 atom stereocenters. The van der Waals surface area contributed by atoms with Gasteiger partial charge in [-0.3, -0.25) is 9.59 Å². The Morgan fingerprint density at radius 3 is 2.38 bits per heavy atom. The minimum atomic E-state index is -3.67. The van der Waals surface area contributed by atoms with Crippen molar-refractivity contribution >= 4 is 39.2 Å². The molecule has 24 heavy (non-hydrogen) atoms. The van der Waals surface area contributed by atoms with Gasteiger partial charge in [0.25, 0.3) is 5.91 Å². The zero-order chi connectivity index (χ0) is 18.3. The Hall–Kier alpha value is -1.64. The molecule has 7 nitrogen and oxygen atoms in total. The van der Waals surface area contributed by atoms with Gasteiger partial charge >= 0.3 is 5.97 Å². The average molecular weight is 377 g/mol. The van der Waals surface area contributed by atoms with E-state index < -0.39 is 28.5 Å². The van der Waals surface area contributed by atoms with Crippen LogP contribution in [-0.4, -0.2) is 44.3 Å². The third-order valence-electron chi connectivity index (χ3n) is 3.21. The highest BCUT2D eigenvalue weighted by atomic mass is 35.5. The molecule has 0 aliphatic heterocycles. The van der Waals surface area contributed by atoms with Crippen LogP contribution < -0.4 is 5.32 Å². The number of ether oxygens (including phenoxy) is 1. The van der Waals surface area contributed by atoms with E-state index in [1.165, 1.54) is 22.5 Å². The maximum absolute atomic E-state index is 12.5. The molecule has 0 aliphatic carbocycles. The molecule has 0 spiro atoms. The number of esters is 1. The number of carbonyl (C=O) groups is 2. The lowest BCUT2D eigenvalue weighted by Crippen LogP contribution is -2.30. The minimum absolute atomic E-state index is 0.0245. The fraction of sp³-hybridized carbons (Fsp3) is 0.467. The molecule has 1 N–H and O–H groups in total. The van der Waals surface area contributed by atoms with Gasteiger partial charge in [-0.05, 0) is 18.2 Å². The Morgan fingerprint density at radius 1 is 1.21 bits per heavy atom. The summed E-state index contributed by atoms with van der Waals surface area (Å²) in [4.78, 5) is 22.9. The number of sulfonamides is 1. The van der Waals surface area contributed by atoms with Crippen molar-refractivity contribution in [2.75, 3.05) is 25.0 Å². The van der Waals surface area contributed by atoms with E-state index in [1.807, 2.05) is 0 Å². The number of halogens is 1. The van der Waals surface area contributed by atoms with Crippen LogP contribution in [0.2, 0.25) is 5.02 Å². The third kappa shape index (κ3) is 5.19. The fourth-order valence-electron chi connectivity index (χ4n) is 1.91. The van der Waals surface area contributed by atoms with Crippen molar-refractivity contribution in [1.29, 1.82) is 0 Å². The van der Waals surface area contributed by atoms with E-state index >= 15 is 0 Å². The summed E-state index contributed by atoms with van der Waals surface area (Å²) in [5, 5.41) is 2.63. The van der Waals surface area contributed by atoms with Crippen LogP contribution in [0.15, 0.2) is 23.1 Å². The van der Waals surface area contributed by atoms with Crippen molar-refractivity contribution in [3.05, 3.63) is 23.2 Å². The molecule has 0 aliphatic rings. The Balaban J connectivity index is 2.98. The molecule has 0 bridgehead atoms. The molecule has 0 saturated carbocycles. The summed E-state index contributed by atoms with van der Waals surface area (Å²) in [6.45, 7) is 5.28. The van der Waals surface area contributed by atoms with E-state index in [9.17, 15) is 18.0 Å². The number of anilines is 1. The van der Waals surface area contributed by atoms with Gasteiger partial charge < -0.3 is 10.1 Å². The number of hydrogen-bond acceptors (Lipinski definition) is 5. The molecule has 0 unspecified atom stereocenters. The molecular weight excluding hydrogens is 356 g/mol. The van der Waals surface area contributed by atoms with Crippen molar-refractivity contribution in [3.8, 4) is 0 Å². The first-order valence-electron chi connectivity index (χ1n) is 7.51. The summed E-state index contributed by atoms with van der Waals surface area (Å²) in [5.41, 5.74) is 0.141.